The van der Waals surface area contributed by atoms with Gasteiger partial charge in [-0.1, -0.05) is 6.07 Å². The number of ether oxygens (including phenoxy) is 1. The van der Waals surface area contributed by atoms with E-state index in [2.05, 4.69) is 0 Å². The quantitative estimate of drug-likeness (QED) is 0.904. The van der Waals surface area contributed by atoms with Gasteiger partial charge in [-0.3, -0.25) is 4.79 Å². The second-order valence-corrected chi connectivity index (χ2v) is 4.42. The van der Waals surface area contributed by atoms with Crippen molar-refractivity contribution in [2.75, 3.05) is 7.11 Å². The van der Waals surface area contributed by atoms with Crippen LogP contribution in [-0.4, -0.2) is 18.1 Å². The summed E-state index contributed by atoms with van der Waals surface area (Å²) in [6, 6.07) is 7.02. The Morgan fingerprint density at radius 1 is 1.25 bits per heavy atom. The van der Waals surface area contributed by atoms with Crippen LogP contribution in [0.4, 0.5) is 4.39 Å². The first-order valence-electron chi connectivity index (χ1n) is 5.91. The smallest absolute Gasteiger partial charge is 0.253 e. The molecule has 2 aromatic rings. The number of rotatable bonds is 3. The minimum Gasteiger partial charge on any atom is -0.507 e. The van der Waals surface area contributed by atoms with E-state index in [0.29, 0.717) is 22.4 Å². The van der Waals surface area contributed by atoms with Crippen molar-refractivity contribution in [1.82, 2.24) is 0 Å². The van der Waals surface area contributed by atoms with Crippen LogP contribution in [0.2, 0.25) is 0 Å². The number of halogens is 1. The summed E-state index contributed by atoms with van der Waals surface area (Å²) in [7, 11) is 1.44. The van der Waals surface area contributed by atoms with Crippen LogP contribution in [0.3, 0.4) is 0 Å². The van der Waals surface area contributed by atoms with Crippen molar-refractivity contribution in [3.63, 3.8) is 0 Å². The first-order chi connectivity index (χ1) is 9.43. The van der Waals surface area contributed by atoms with Crippen LogP contribution in [0.5, 0.6) is 11.5 Å². The van der Waals surface area contributed by atoms with Crippen molar-refractivity contribution in [2.45, 2.75) is 6.92 Å². The lowest BCUT2D eigenvalue weighted by Crippen LogP contribution is -2.13. The van der Waals surface area contributed by atoms with E-state index in [1.54, 1.807) is 13.0 Å². The van der Waals surface area contributed by atoms with Crippen molar-refractivity contribution in [1.29, 1.82) is 0 Å². The van der Waals surface area contributed by atoms with Crippen molar-refractivity contribution >= 4 is 5.91 Å². The molecular weight excluding hydrogens is 261 g/mol. The standard InChI is InChI=1S/C15H14FNO3/c1-8-5-11(14(15(17)19)12(18)6-8)10-7-9(16)3-4-13(10)20-2/h3-7,18H,1-2H3,(H2,17,19). The van der Waals surface area contributed by atoms with Gasteiger partial charge < -0.3 is 15.6 Å². The number of hydrogen-bond donors (Lipinski definition) is 2. The number of benzene rings is 2. The Bertz CT molecular complexity index is 683. The summed E-state index contributed by atoms with van der Waals surface area (Å²) in [6.07, 6.45) is 0. The summed E-state index contributed by atoms with van der Waals surface area (Å²) in [4.78, 5) is 11.5. The van der Waals surface area contributed by atoms with Crippen LogP contribution in [0.25, 0.3) is 11.1 Å². The maximum absolute atomic E-state index is 13.5. The van der Waals surface area contributed by atoms with E-state index < -0.39 is 11.7 Å². The summed E-state index contributed by atoms with van der Waals surface area (Å²) in [5, 5.41) is 9.90. The molecule has 3 N–H and O–H groups in total. The lowest BCUT2D eigenvalue weighted by atomic mass is 9.95. The number of carbonyl (C=O) groups excluding carboxylic acids is 1. The fraction of sp³-hybridized carbons (Fsp3) is 0.133. The summed E-state index contributed by atoms with van der Waals surface area (Å²) >= 11 is 0. The third-order valence-electron chi connectivity index (χ3n) is 2.96. The molecule has 2 aromatic carbocycles. The normalized spacial score (nSPS) is 10.3. The van der Waals surface area contributed by atoms with Gasteiger partial charge in [0, 0.05) is 11.1 Å². The minimum absolute atomic E-state index is 0.0560. The van der Waals surface area contributed by atoms with E-state index in [9.17, 15) is 14.3 Å². The first-order valence-corrected chi connectivity index (χ1v) is 5.91. The topological polar surface area (TPSA) is 72.6 Å². The fourth-order valence-corrected chi connectivity index (χ4v) is 2.13. The largest absolute Gasteiger partial charge is 0.507 e. The number of nitrogens with two attached hydrogens (primary N) is 1. The molecule has 0 aliphatic rings. The summed E-state index contributed by atoms with van der Waals surface area (Å²) < 4.78 is 18.6. The fourth-order valence-electron chi connectivity index (χ4n) is 2.13. The van der Waals surface area contributed by atoms with Crippen LogP contribution in [0.15, 0.2) is 30.3 Å². The molecule has 2 rings (SSSR count). The van der Waals surface area contributed by atoms with Crippen LogP contribution in [-0.2, 0) is 0 Å². The second-order valence-electron chi connectivity index (χ2n) is 4.42. The van der Waals surface area contributed by atoms with Gasteiger partial charge in [-0.25, -0.2) is 4.39 Å². The van der Waals surface area contributed by atoms with E-state index in [1.165, 1.54) is 31.4 Å². The highest BCUT2D eigenvalue weighted by Gasteiger charge is 2.19. The third kappa shape index (κ3) is 2.42. The molecule has 0 heterocycles. The average molecular weight is 275 g/mol. The summed E-state index contributed by atoms with van der Waals surface area (Å²) in [5.41, 5.74) is 6.66. The highest BCUT2D eigenvalue weighted by molar-refractivity contribution is 6.03. The SMILES string of the molecule is COc1ccc(F)cc1-c1cc(C)cc(O)c1C(N)=O. The summed E-state index contributed by atoms with van der Waals surface area (Å²) in [5.74, 6) is -1.11. The van der Waals surface area contributed by atoms with Crippen LogP contribution in [0, 0.1) is 12.7 Å². The molecule has 0 aromatic heterocycles. The van der Waals surface area contributed by atoms with E-state index >= 15 is 0 Å². The Kier molecular flexibility index (Phi) is 3.61. The van der Waals surface area contributed by atoms with E-state index in [1.807, 2.05) is 0 Å². The van der Waals surface area contributed by atoms with Gasteiger partial charge in [0.1, 0.15) is 17.3 Å². The molecule has 0 saturated heterocycles. The first kappa shape index (κ1) is 13.9. The molecular formula is C15H14FNO3. The molecule has 0 bridgehead atoms. The Hall–Kier alpha value is -2.56. The Morgan fingerprint density at radius 3 is 2.55 bits per heavy atom. The predicted octanol–water partition coefficient (Wildman–Crippen LogP) is 2.61. The number of phenols is 1. The minimum atomic E-state index is -0.788. The molecule has 20 heavy (non-hydrogen) atoms. The Morgan fingerprint density at radius 2 is 1.95 bits per heavy atom. The molecule has 5 heteroatoms. The van der Waals surface area contributed by atoms with Crippen molar-refractivity contribution in [2.24, 2.45) is 5.73 Å². The summed E-state index contributed by atoms with van der Waals surface area (Å²) in [6.45, 7) is 1.75. The molecule has 0 unspecified atom stereocenters. The lowest BCUT2D eigenvalue weighted by Gasteiger charge is -2.14. The predicted molar refractivity (Wildman–Crippen MR) is 73.3 cm³/mol. The van der Waals surface area contributed by atoms with Gasteiger partial charge in [0.2, 0.25) is 0 Å². The van der Waals surface area contributed by atoms with Crippen LogP contribution < -0.4 is 10.5 Å². The number of aromatic hydroxyl groups is 1. The van der Waals surface area contributed by atoms with Gasteiger partial charge in [-0.2, -0.15) is 0 Å². The molecule has 0 fully saturated rings. The second kappa shape index (κ2) is 5.21. The Balaban J connectivity index is 2.81. The molecule has 4 nitrogen and oxygen atoms in total. The highest BCUT2D eigenvalue weighted by atomic mass is 19.1. The van der Waals surface area contributed by atoms with E-state index in [-0.39, 0.29) is 11.3 Å². The molecule has 0 aliphatic heterocycles. The van der Waals surface area contributed by atoms with Gasteiger partial charge in [0.25, 0.3) is 5.91 Å². The van der Waals surface area contributed by atoms with E-state index in [0.717, 1.165) is 0 Å². The van der Waals surface area contributed by atoms with E-state index in [4.69, 9.17) is 10.5 Å². The van der Waals surface area contributed by atoms with Crippen LogP contribution >= 0.6 is 0 Å². The van der Waals surface area contributed by atoms with Gasteiger partial charge in [0.05, 0.1) is 12.7 Å². The average Bonchev–Trinajstić information content (AvgIpc) is 2.37. The third-order valence-corrected chi connectivity index (χ3v) is 2.96. The maximum atomic E-state index is 13.5. The number of amides is 1. The van der Waals surface area contributed by atoms with Gasteiger partial charge in [-0.05, 0) is 36.8 Å². The number of aryl methyl sites for hydroxylation is 1. The maximum Gasteiger partial charge on any atom is 0.253 e. The van der Waals surface area contributed by atoms with Crippen molar-refractivity contribution < 1.29 is 19.0 Å². The molecule has 0 aliphatic carbocycles. The Labute approximate surface area is 115 Å². The number of hydrogen-bond acceptors (Lipinski definition) is 3. The molecule has 0 spiro atoms. The van der Waals surface area contributed by atoms with Gasteiger partial charge in [-0.15, -0.1) is 0 Å². The van der Waals surface area contributed by atoms with Gasteiger partial charge >= 0.3 is 0 Å². The molecule has 0 atom stereocenters. The highest BCUT2D eigenvalue weighted by Crippen LogP contribution is 2.37. The van der Waals surface area contributed by atoms with Crippen molar-refractivity contribution in [3.8, 4) is 22.6 Å². The van der Waals surface area contributed by atoms with Crippen molar-refractivity contribution in [3.05, 3.63) is 47.3 Å². The monoisotopic (exact) mass is 275 g/mol. The zero-order chi connectivity index (χ0) is 14.9. The molecule has 1 amide bonds. The lowest BCUT2D eigenvalue weighted by molar-refractivity contribution is 0.0998. The zero-order valence-electron chi connectivity index (χ0n) is 11.1. The molecule has 0 radical (unpaired) electrons. The van der Waals surface area contributed by atoms with Gasteiger partial charge in [0.15, 0.2) is 0 Å². The number of carbonyl (C=O) groups is 1. The molecule has 104 valence electrons. The number of primary amides is 1. The molecule has 0 saturated carbocycles. The zero-order valence-corrected chi connectivity index (χ0v) is 11.1. The van der Waals surface area contributed by atoms with Crippen LogP contribution in [0.1, 0.15) is 15.9 Å². The number of methoxy groups -OCH3 is 1.